The van der Waals surface area contributed by atoms with Crippen molar-refractivity contribution in [2.45, 2.75) is 52.9 Å². The van der Waals surface area contributed by atoms with Crippen molar-refractivity contribution < 1.29 is 0 Å². The second kappa shape index (κ2) is 10.7. The van der Waals surface area contributed by atoms with Gasteiger partial charge in [0.2, 0.25) is 0 Å². The predicted octanol–water partition coefficient (Wildman–Crippen LogP) is 7.04. The van der Waals surface area contributed by atoms with Gasteiger partial charge in [-0.3, -0.25) is 0 Å². The summed E-state index contributed by atoms with van der Waals surface area (Å²) in [5, 5.41) is 3.47. The molecule has 0 unspecified atom stereocenters. The third-order valence-electron chi connectivity index (χ3n) is 5.50. The lowest BCUT2D eigenvalue weighted by Gasteiger charge is -2.19. The van der Waals surface area contributed by atoms with Crippen molar-refractivity contribution in [3.63, 3.8) is 0 Å². The molecule has 0 aliphatic rings. The average molecular weight is 400 g/mol. The van der Waals surface area contributed by atoms with Gasteiger partial charge in [0.1, 0.15) is 0 Å². The Hall–Kier alpha value is -2.94. The van der Waals surface area contributed by atoms with E-state index in [0.717, 1.165) is 46.0 Å². The van der Waals surface area contributed by atoms with Crippen LogP contribution in [0.1, 0.15) is 57.2 Å². The first-order valence-corrected chi connectivity index (χ1v) is 11.0. The van der Waals surface area contributed by atoms with Crippen LogP contribution in [0.5, 0.6) is 0 Å². The van der Waals surface area contributed by atoms with Crippen molar-refractivity contribution in [1.29, 1.82) is 0 Å². The van der Waals surface area contributed by atoms with Gasteiger partial charge in [-0.05, 0) is 32.3 Å². The molecule has 156 valence electrons. The summed E-state index contributed by atoms with van der Waals surface area (Å²) >= 11 is 0. The fourth-order valence-corrected chi connectivity index (χ4v) is 3.89. The van der Waals surface area contributed by atoms with Crippen LogP contribution in [0.2, 0.25) is 0 Å². The molecule has 1 heterocycles. The molecule has 3 aromatic rings. The topological polar surface area (TPSA) is 37.8 Å². The largest absolute Gasteiger partial charge is 0.388 e. The monoisotopic (exact) mass is 399 g/mol. The molecule has 2 aromatic carbocycles. The first-order chi connectivity index (χ1) is 14.7. The van der Waals surface area contributed by atoms with Crippen molar-refractivity contribution in [2.75, 3.05) is 7.05 Å². The number of nitrogens with zero attached hydrogens (tertiary/aromatic N) is 2. The predicted molar refractivity (Wildman–Crippen MR) is 128 cm³/mol. The highest BCUT2D eigenvalue weighted by atomic mass is 14.9. The Morgan fingerprint density at radius 3 is 2.07 bits per heavy atom. The van der Waals surface area contributed by atoms with E-state index >= 15 is 0 Å². The third kappa shape index (κ3) is 5.15. The van der Waals surface area contributed by atoms with Crippen LogP contribution in [-0.2, 0) is 0 Å². The van der Waals surface area contributed by atoms with Crippen LogP contribution in [0.3, 0.4) is 0 Å². The van der Waals surface area contributed by atoms with E-state index in [1.165, 1.54) is 31.3 Å². The molecule has 0 aliphatic heterocycles. The van der Waals surface area contributed by atoms with Crippen LogP contribution in [-0.4, -0.2) is 17.0 Å². The molecule has 1 N–H and O–H groups in total. The van der Waals surface area contributed by atoms with Gasteiger partial charge in [-0.1, -0.05) is 86.8 Å². The summed E-state index contributed by atoms with van der Waals surface area (Å²) < 4.78 is 0. The van der Waals surface area contributed by atoms with Crippen molar-refractivity contribution >= 4 is 5.70 Å². The molecule has 3 nitrogen and oxygen atoms in total. The van der Waals surface area contributed by atoms with E-state index in [0.29, 0.717) is 0 Å². The Labute approximate surface area is 181 Å². The van der Waals surface area contributed by atoms with Gasteiger partial charge in [0, 0.05) is 29.4 Å². The van der Waals surface area contributed by atoms with Crippen molar-refractivity contribution in [2.24, 2.45) is 0 Å². The molecule has 0 radical (unpaired) electrons. The highest BCUT2D eigenvalue weighted by Gasteiger charge is 2.19. The number of benzene rings is 2. The zero-order valence-electron chi connectivity index (χ0n) is 18.7. The van der Waals surface area contributed by atoms with E-state index in [4.69, 9.17) is 9.97 Å². The van der Waals surface area contributed by atoms with E-state index < -0.39 is 0 Å². The van der Waals surface area contributed by atoms with Crippen LogP contribution < -0.4 is 5.32 Å². The van der Waals surface area contributed by atoms with E-state index in [1.54, 1.807) is 0 Å². The fourth-order valence-electron chi connectivity index (χ4n) is 3.89. The Kier molecular flexibility index (Phi) is 7.78. The SMILES string of the molecule is CCCCCC/C(C)=C(\NC)c1c(C)nc(-c2ccccc2)nc1-c1ccccc1. The first kappa shape index (κ1) is 21.8. The Bertz CT molecular complexity index is 976. The summed E-state index contributed by atoms with van der Waals surface area (Å²) in [5.41, 5.74) is 7.76. The minimum Gasteiger partial charge on any atom is -0.388 e. The Morgan fingerprint density at radius 2 is 1.47 bits per heavy atom. The second-order valence-electron chi connectivity index (χ2n) is 7.80. The van der Waals surface area contributed by atoms with E-state index in [1.807, 2.05) is 31.3 Å². The van der Waals surface area contributed by atoms with Crippen LogP contribution >= 0.6 is 0 Å². The van der Waals surface area contributed by atoms with Gasteiger partial charge >= 0.3 is 0 Å². The van der Waals surface area contributed by atoms with Crippen molar-refractivity contribution in [3.05, 3.63) is 77.5 Å². The molecule has 0 saturated carbocycles. The molecule has 0 bridgehead atoms. The molecular formula is C27H33N3. The Balaban J connectivity index is 2.13. The van der Waals surface area contributed by atoms with Gasteiger partial charge in [-0.25, -0.2) is 9.97 Å². The smallest absolute Gasteiger partial charge is 0.160 e. The lowest BCUT2D eigenvalue weighted by Crippen LogP contribution is -2.13. The molecule has 3 rings (SSSR count). The molecule has 0 atom stereocenters. The van der Waals surface area contributed by atoms with Gasteiger partial charge in [0.25, 0.3) is 0 Å². The standard InChI is InChI=1S/C27H33N3/c1-5-6-7-10-15-20(2)25(28-4)24-21(3)29-27(23-18-13-9-14-19-23)30-26(24)22-16-11-8-12-17-22/h8-9,11-14,16-19,28H,5-7,10,15H2,1-4H3/b25-20-. The van der Waals surface area contributed by atoms with Crippen LogP contribution in [0, 0.1) is 6.92 Å². The number of aryl methyl sites for hydroxylation is 1. The summed E-state index contributed by atoms with van der Waals surface area (Å²) in [6.07, 6.45) is 6.13. The third-order valence-corrected chi connectivity index (χ3v) is 5.50. The van der Waals surface area contributed by atoms with Crippen LogP contribution in [0.25, 0.3) is 28.3 Å². The van der Waals surface area contributed by atoms with Gasteiger partial charge in [0.05, 0.1) is 11.4 Å². The number of rotatable bonds is 9. The maximum atomic E-state index is 5.05. The van der Waals surface area contributed by atoms with Crippen LogP contribution in [0.15, 0.2) is 66.2 Å². The second-order valence-corrected chi connectivity index (χ2v) is 7.80. The Morgan fingerprint density at radius 1 is 0.833 bits per heavy atom. The van der Waals surface area contributed by atoms with Crippen molar-refractivity contribution in [3.8, 4) is 22.6 Å². The summed E-state index contributed by atoms with van der Waals surface area (Å²) in [6, 6.07) is 20.7. The highest BCUT2D eigenvalue weighted by molar-refractivity contribution is 5.81. The maximum Gasteiger partial charge on any atom is 0.160 e. The summed E-state index contributed by atoms with van der Waals surface area (Å²) in [6.45, 7) is 6.58. The highest BCUT2D eigenvalue weighted by Crippen LogP contribution is 2.32. The molecular weight excluding hydrogens is 366 g/mol. The normalized spacial score (nSPS) is 11.9. The summed E-state index contributed by atoms with van der Waals surface area (Å²) in [7, 11) is 2.00. The van der Waals surface area contributed by atoms with E-state index in [9.17, 15) is 0 Å². The van der Waals surface area contributed by atoms with Gasteiger partial charge in [0.15, 0.2) is 5.82 Å². The molecule has 1 aromatic heterocycles. The molecule has 0 saturated heterocycles. The molecule has 0 aliphatic carbocycles. The van der Waals surface area contributed by atoms with Crippen LogP contribution in [0.4, 0.5) is 0 Å². The van der Waals surface area contributed by atoms with E-state index in [2.05, 4.69) is 62.5 Å². The maximum absolute atomic E-state index is 5.05. The van der Waals surface area contributed by atoms with Gasteiger partial charge < -0.3 is 5.32 Å². The molecule has 0 fully saturated rings. The van der Waals surface area contributed by atoms with Gasteiger partial charge in [-0.15, -0.1) is 0 Å². The van der Waals surface area contributed by atoms with Gasteiger partial charge in [-0.2, -0.15) is 0 Å². The number of hydrogen-bond acceptors (Lipinski definition) is 3. The quantitative estimate of drug-likeness (QED) is 0.392. The molecule has 3 heteroatoms. The zero-order valence-corrected chi connectivity index (χ0v) is 18.7. The minimum atomic E-state index is 0.770. The molecule has 0 spiro atoms. The molecule has 0 amide bonds. The molecule has 30 heavy (non-hydrogen) atoms. The van der Waals surface area contributed by atoms with Crippen molar-refractivity contribution in [1.82, 2.24) is 15.3 Å². The zero-order chi connectivity index (χ0) is 21.3. The number of allylic oxidation sites excluding steroid dienone is 1. The fraction of sp³-hybridized carbons (Fsp3) is 0.333. The number of unbranched alkanes of at least 4 members (excludes halogenated alkanes) is 3. The minimum absolute atomic E-state index is 0.770. The summed E-state index contributed by atoms with van der Waals surface area (Å²) in [4.78, 5) is 9.95. The lowest BCUT2D eigenvalue weighted by molar-refractivity contribution is 0.664. The average Bonchev–Trinajstić information content (AvgIpc) is 2.79. The lowest BCUT2D eigenvalue weighted by atomic mass is 9.96. The van der Waals surface area contributed by atoms with E-state index in [-0.39, 0.29) is 0 Å². The first-order valence-electron chi connectivity index (χ1n) is 11.0. The number of nitrogens with one attached hydrogen (secondary N) is 1. The number of hydrogen-bond donors (Lipinski definition) is 1. The summed E-state index contributed by atoms with van der Waals surface area (Å²) in [5.74, 6) is 0.770. The number of aromatic nitrogens is 2.